The summed E-state index contributed by atoms with van der Waals surface area (Å²) in [5.74, 6) is -0.463. The van der Waals surface area contributed by atoms with Gasteiger partial charge in [0.1, 0.15) is 0 Å². The van der Waals surface area contributed by atoms with Gasteiger partial charge in [-0.25, -0.2) is 9.48 Å². The van der Waals surface area contributed by atoms with E-state index in [4.69, 9.17) is 0 Å². The van der Waals surface area contributed by atoms with Gasteiger partial charge in [0.05, 0.1) is 19.3 Å². The molecule has 0 fully saturated rings. The van der Waals surface area contributed by atoms with Gasteiger partial charge in [-0.3, -0.25) is 0 Å². The van der Waals surface area contributed by atoms with E-state index in [2.05, 4.69) is 31.0 Å². The Morgan fingerprint density at radius 1 is 1.39 bits per heavy atom. The van der Waals surface area contributed by atoms with E-state index in [-0.39, 0.29) is 5.69 Å². The number of esters is 1. The van der Waals surface area contributed by atoms with Crippen molar-refractivity contribution in [2.45, 2.75) is 13.5 Å². The summed E-state index contributed by atoms with van der Waals surface area (Å²) in [6, 6.07) is 7.90. The smallest absolute Gasteiger partial charge is 0.360 e. The zero-order valence-corrected chi connectivity index (χ0v) is 11.6. The minimum absolute atomic E-state index is 0.259. The fraction of sp³-hybridized carbons (Fsp3) is 0.250. The van der Waals surface area contributed by atoms with Crippen molar-refractivity contribution in [2.75, 3.05) is 7.11 Å². The molecule has 0 aliphatic carbocycles. The van der Waals surface area contributed by atoms with Crippen molar-refractivity contribution in [2.24, 2.45) is 0 Å². The normalized spacial score (nSPS) is 10.4. The zero-order valence-electron chi connectivity index (χ0n) is 10.1. The van der Waals surface area contributed by atoms with Crippen LogP contribution in [-0.2, 0) is 11.3 Å². The molecule has 1 aromatic heterocycles. The monoisotopic (exact) mass is 309 g/mol. The van der Waals surface area contributed by atoms with Gasteiger partial charge in [0.15, 0.2) is 5.69 Å². The molecular weight excluding hydrogens is 298 g/mol. The van der Waals surface area contributed by atoms with Crippen molar-refractivity contribution in [1.29, 1.82) is 0 Å². The van der Waals surface area contributed by atoms with Crippen molar-refractivity contribution < 1.29 is 9.53 Å². The maximum absolute atomic E-state index is 11.4. The van der Waals surface area contributed by atoms with Crippen LogP contribution in [0.5, 0.6) is 0 Å². The molecular formula is C12H12BrN3O2. The van der Waals surface area contributed by atoms with Gasteiger partial charge in [0.25, 0.3) is 0 Å². The number of nitrogens with zero attached hydrogens (tertiary/aromatic N) is 3. The number of carbonyl (C=O) groups is 1. The summed E-state index contributed by atoms with van der Waals surface area (Å²) in [7, 11) is 1.33. The molecule has 2 rings (SSSR count). The number of hydrogen-bond acceptors (Lipinski definition) is 4. The largest absolute Gasteiger partial charge is 0.464 e. The highest BCUT2D eigenvalue weighted by molar-refractivity contribution is 9.10. The van der Waals surface area contributed by atoms with Gasteiger partial charge in [-0.05, 0) is 24.6 Å². The fourth-order valence-corrected chi connectivity index (χ4v) is 1.82. The topological polar surface area (TPSA) is 57.0 Å². The Hall–Kier alpha value is -1.69. The molecule has 1 aromatic carbocycles. The number of ether oxygens (including phenoxy) is 1. The molecule has 0 bridgehead atoms. The van der Waals surface area contributed by atoms with Gasteiger partial charge in [-0.1, -0.05) is 33.3 Å². The molecule has 18 heavy (non-hydrogen) atoms. The molecule has 0 aliphatic heterocycles. The molecule has 5 nitrogen and oxygen atoms in total. The SMILES string of the molecule is COC(=O)c1nnn(Cc2ccc(Br)cc2)c1C. The van der Waals surface area contributed by atoms with Crippen LogP contribution >= 0.6 is 15.9 Å². The lowest BCUT2D eigenvalue weighted by Crippen LogP contribution is -2.07. The summed E-state index contributed by atoms with van der Waals surface area (Å²) in [5.41, 5.74) is 2.04. The first-order valence-corrected chi connectivity index (χ1v) is 6.14. The minimum Gasteiger partial charge on any atom is -0.464 e. The fourth-order valence-electron chi connectivity index (χ4n) is 1.56. The Kier molecular flexibility index (Phi) is 3.76. The number of carbonyl (C=O) groups excluding carboxylic acids is 1. The van der Waals surface area contributed by atoms with Gasteiger partial charge in [-0.2, -0.15) is 0 Å². The van der Waals surface area contributed by atoms with Gasteiger partial charge < -0.3 is 4.74 Å². The maximum atomic E-state index is 11.4. The number of hydrogen-bond donors (Lipinski definition) is 0. The molecule has 0 atom stereocenters. The van der Waals surface area contributed by atoms with E-state index in [1.807, 2.05) is 24.3 Å². The molecule has 0 saturated carbocycles. The summed E-state index contributed by atoms with van der Waals surface area (Å²) in [6.45, 7) is 2.37. The first-order valence-electron chi connectivity index (χ1n) is 5.34. The van der Waals surface area contributed by atoms with E-state index in [1.165, 1.54) is 7.11 Å². The van der Waals surface area contributed by atoms with Crippen LogP contribution in [0.15, 0.2) is 28.7 Å². The van der Waals surface area contributed by atoms with Crippen molar-refractivity contribution in [1.82, 2.24) is 15.0 Å². The van der Waals surface area contributed by atoms with E-state index < -0.39 is 5.97 Å². The average molecular weight is 310 g/mol. The highest BCUT2D eigenvalue weighted by Gasteiger charge is 2.16. The first-order chi connectivity index (χ1) is 8.61. The second-order valence-electron chi connectivity index (χ2n) is 3.80. The van der Waals surface area contributed by atoms with E-state index in [0.717, 1.165) is 10.0 Å². The third kappa shape index (κ3) is 2.59. The second-order valence-corrected chi connectivity index (χ2v) is 4.71. The van der Waals surface area contributed by atoms with Crippen LogP contribution in [0.25, 0.3) is 0 Å². The van der Waals surface area contributed by atoms with Gasteiger partial charge >= 0.3 is 5.97 Å². The predicted molar refractivity (Wildman–Crippen MR) is 69.3 cm³/mol. The Morgan fingerprint density at radius 2 is 2.06 bits per heavy atom. The molecule has 0 aliphatic rings. The lowest BCUT2D eigenvalue weighted by molar-refractivity contribution is 0.0593. The molecule has 0 unspecified atom stereocenters. The van der Waals surface area contributed by atoms with Crippen LogP contribution in [0, 0.1) is 6.92 Å². The number of methoxy groups -OCH3 is 1. The summed E-state index contributed by atoms with van der Waals surface area (Å²) in [4.78, 5) is 11.4. The van der Waals surface area contributed by atoms with Crippen LogP contribution in [0.3, 0.4) is 0 Å². The Morgan fingerprint density at radius 3 is 2.67 bits per heavy atom. The third-order valence-corrected chi connectivity index (χ3v) is 3.14. The van der Waals surface area contributed by atoms with E-state index >= 15 is 0 Å². The van der Waals surface area contributed by atoms with Crippen molar-refractivity contribution in [3.63, 3.8) is 0 Å². The van der Waals surface area contributed by atoms with Gasteiger partial charge in [0.2, 0.25) is 0 Å². The summed E-state index contributed by atoms with van der Waals surface area (Å²) in [5, 5.41) is 7.79. The molecule has 94 valence electrons. The van der Waals surface area contributed by atoms with Crippen molar-refractivity contribution in [3.05, 3.63) is 45.7 Å². The lowest BCUT2D eigenvalue weighted by atomic mass is 10.2. The molecule has 6 heteroatoms. The predicted octanol–water partition coefficient (Wildman–Crippen LogP) is 2.18. The Balaban J connectivity index is 2.22. The summed E-state index contributed by atoms with van der Waals surface area (Å²) in [6.07, 6.45) is 0. The second kappa shape index (κ2) is 5.30. The van der Waals surface area contributed by atoms with Crippen molar-refractivity contribution in [3.8, 4) is 0 Å². The average Bonchev–Trinajstić information content (AvgIpc) is 2.73. The molecule has 1 heterocycles. The summed E-state index contributed by atoms with van der Waals surface area (Å²) >= 11 is 3.38. The van der Waals surface area contributed by atoms with Crippen molar-refractivity contribution >= 4 is 21.9 Å². The number of rotatable bonds is 3. The molecule has 0 spiro atoms. The van der Waals surface area contributed by atoms with Crippen LogP contribution in [-0.4, -0.2) is 28.1 Å². The minimum atomic E-state index is -0.463. The quantitative estimate of drug-likeness (QED) is 0.816. The Bertz CT molecular complexity index is 563. The van der Waals surface area contributed by atoms with Crippen LogP contribution in [0.2, 0.25) is 0 Å². The molecule has 0 amide bonds. The van der Waals surface area contributed by atoms with Gasteiger partial charge in [0, 0.05) is 4.47 Å². The zero-order chi connectivity index (χ0) is 13.1. The highest BCUT2D eigenvalue weighted by Crippen LogP contribution is 2.13. The standard InChI is InChI=1S/C12H12BrN3O2/c1-8-11(12(17)18-2)14-15-16(8)7-9-3-5-10(13)6-4-9/h3-6H,7H2,1-2H3. The molecule has 0 radical (unpaired) electrons. The molecule has 2 aromatic rings. The maximum Gasteiger partial charge on any atom is 0.360 e. The molecule has 0 N–H and O–H groups in total. The highest BCUT2D eigenvalue weighted by atomic mass is 79.9. The lowest BCUT2D eigenvalue weighted by Gasteiger charge is -2.04. The van der Waals surface area contributed by atoms with Crippen LogP contribution < -0.4 is 0 Å². The number of aromatic nitrogens is 3. The summed E-state index contributed by atoms with van der Waals surface area (Å²) < 4.78 is 7.34. The van der Waals surface area contributed by atoms with E-state index in [9.17, 15) is 4.79 Å². The number of benzene rings is 1. The van der Waals surface area contributed by atoms with Gasteiger partial charge in [-0.15, -0.1) is 5.10 Å². The van der Waals surface area contributed by atoms with Crippen LogP contribution in [0.4, 0.5) is 0 Å². The van der Waals surface area contributed by atoms with Crippen LogP contribution in [0.1, 0.15) is 21.7 Å². The first kappa shape index (κ1) is 12.8. The Labute approximate surface area is 113 Å². The molecule has 0 saturated heterocycles. The number of halogens is 1. The van der Waals surface area contributed by atoms with E-state index in [0.29, 0.717) is 12.2 Å². The van der Waals surface area contributed by atoms with E-state index in [1.54, 1.807) is 11.6 Å². The third-order valence-electron chi connectivity index (χ3n) is 2.61.